The van der Waals surface area contributed by atoms with Crippen molar-refractivity contribution >= 4 is 22.6 Å². The maximum atomic E-state index is 5.24. The van der Waals surface area contributed by atoms with Gasteiger partial charge in [0.2, 0.25) is 0 Å². The van der Waals surface area contributed by atoms with Crippen molar-refractivity contribution < 1.29 is 4.74 Å². The summed E-state index contributed by atoms with van der Waals surface area (Å²) >= 11 is 1.66. The number of ether oxygens (including phenoxy) is 1. The normalized spacial score (nSPS) is 16.6. The van der Waals surface area contributed by atoms with Crippen molar-refractivity contribution in [2.24, 2.45) is 4.99 Å². The van der Waals surface area contributed by atoms with Gasteiger partial charge in [0.15, 0.2) is 5.17 Å². The van der Waals surface area contributed by atoms with Crippen LogP contribution in [0.4, 0.5) is 0 Å². The molecule has 3 rings (SSSR count). The molecule has 24 heavy (non-hydrogen) atoms. The molecule has 1 N–H and O–H groups in total. The first kappa shape index (κ1) is 16.4. The minimum atomic E-state index is 0.0110. The van der Waals surface area contributed by atoms with Crippen LogP contribution in [-0.4, -0.2) is 18.0 Å². The van der Waals surface area contributed by atoms with E-state index in [2.05, 4.69) is 42.2 Å². The summed E-state index contributed by atoms with van der Waals surface area (Å²) in [5, 5.41) is 4.34. The minimum absolute atomic E-state index is 0.0110. The predicted octanol–water partition coefficient (Wildman–Crippen LogP) is 4.66. The number of nitrogens with one attached hydrogen (secondary N) is 1. The van der Waals surface area contributed by atoms with E-state index in [1.165, 1.54) is 5.56 Å². The fourth-order valence-electron chi connectivity index (χ4n) is 2.48. The van der Waals surface area contributed by atoms with Gasteiger partial charge in [0, 0.05) is 11.4 Å². The quantitative estimate of drug-likeness (QED) is 0.807. The molecule has 1 atom stereocenters. The lowest BCUT2D eigenvalue weighted by Crippen LogP contribution is -2.24. The molecule has 0 bridgehead atoms. The Labute approximate surface area is 147 Å². The number of nitrogens with zero attached hydrogens (tertiary/aromatic N) is 1. The van der Waals surface area contributed by atoms with Gasteiger partial charge in [-0.15, -0.1) is 6.58 Å². The maximum Gasteiger partial charge on any atom is 0.162 e. The highest BCUT2D eigenvalue weighted by molar-refractivity contribution is 8.14. The van der Waals surface area contributed by atoms with Gasteiger partial charge in [0.1, 0.15) is 5.75 Å². The fraction of sp³-hybridized carbons (Fsp3) is 0.150. The number of aliphatic imine (C=N–C) groups is 1. The van der Waals surface area contributed by atoms with E-state index in [1.807, 2.05) is 36.4 Å². The Kier molecular flexibility index (Phi) is 5.39. The van der Waals surface area contributed by atoms with Gasteiger partial charge in [-0.1, -0.05) is 48.2 Å². The lowest BCUT2D eigenvalue weighted by Gasteiger charge is -2.22. The van der Waals surface area contributed by atoms with Crippen molar-refractivity contribution in [2.45, 2.75) is 6.04 Å². The molecule has 122 valence electrons. The van der Waals surface area contributed by atoms with Crippen molar-refractivity contribution in [1.82, 2.24) is 5.32 Å². The summed E-state index contributed by atoms with van der Waals surface area (Å²) in [6.45, 7) is 3.79. The third-order valence-corrected chi connectivity index (χ3v) is 4.59. The number of thioether (sulfide) groups is 1. The zero-order valence-electron chi connectivity index (χ0n) is 13.6. The molecule has 1 heterocycles. The minimum Gasteiger partial charge on any atom is -0.497 e. The van der Waals surface area contributed by atoms with Gasteiger partial charge in [-0.2, -0.15) is 0 Å². The topological polar surface area (TPSA) is 33.6 Å². The average Bonchev–Trinajstić information content (AvgIpc) is 2.67. The van der Waals surface area contributed by atoms with Gasteiger partial charge in [-0.05, 0) is 41.5 Å². The Morgan fingerprint density at radius 3 is 2.58 bits per heavy atom. The van der Waals surface area contributed by atoms with E-state index >= 15 is 0 Å². The molecule has 0 aliphatic carbocycles. The number of hydrogen-bond acceptors (Lipinski definition) is 4. The van der Waals surface area contributed by atoms with Gasteiger partial charge in [-0.25, -0.2) is 4.99 Å². The van der Waals surface area contributed by atoms with E-state index in [9.17, 15) is 0 Å². The first-order valence-corrected chi connectivity index (χ1v) is 8.78. The van der Waals surface area contributed by atoms with Crippen LogP contribution in [0.25, 0.3) is 5.70 Å². The fourth-order valence-corrected chi connectivity index (χ4v) is 3.13. The molecule has 0 spiro atoms. The number of amidine groups is 1. The monoisotopic (exact) mass is 336 g/mol. The van der Waals surface area contributed by atoms with Crippen LogP contribution < -0.4 is 10.1 Å². The summed E-state index contributed by atoms with van der Waals surface area (Å²) < 4.78 is 5.24. The van der Waals surface area contributed by atoms with Crippen molar-refractivity contribution in [3.05, 3.63) is 84.5 Å². The molecule has 0 saturated heterocycles. The van der Waals surface area contributed by atoms with Crippen LogP contribution in [0.2, 0.25) is 0 Å². The molecule has 3 nitrogen and oxygen atoms in total. The third kappa shape index (κ3) is 3.89. The average molecular weight is 336 g/mol. The largest absolute Gasteiger partial charge is 0.497 e. The highest BCUT2D eigenvalue weighted by Crippen LogP contribution is 2.29. The maximum absolute atomic E-state index is 5.24. The van der Waals surface area contributed by atoms with Crippen LogP contribution in [0.3, 0.4) is 0 Å². The SMILES string of the molecule is C=CCSC1=NC(c2ccccc2)C=C(c2ccc(OC)cc2)N1. The van der Waals surface area contributed by atoms with Crippen molar-refractivity contribution in [3.8, 4) is 5.75 Å². The molecular formula is C20H20N2OS. The second-order valence-corrected chi connectivity index (χ2v) is 6.33. The van der Waals surface area contributed by atoms with Crippen LogP contribution in [0, 0.1) is 0 Å². The molecular weight excluding hydrogens is 316 g/mol. The van der Waals surface area contributed by atoms with Crippen molar-refractivity contribution in [1.29, 1.82) is 0 Å². The lowest BCUT2D eigenvalue weighted by molar-refractivity contribution is 0.415. The van der Waals surface area contributed by atoms with E-state index < -0.39 is 0 Å². The number of hydrogen-bond donors (Lipinski definition) is 1. The molecule has 0 amide bonds. The van der Waals surface area contributed by atoms with Gasteiger partial charge in [-0.3, -0.25) is 0 Å². The Bertz CT molecular complexity index is 751. The van der Waals surface area contributed by atoms with Crippen LogP contribution in [0.1, 0.15) is 17.2 Å². The summed E-state index contributed by atoms with van der Waals surface area (Å²) in [4.78, 5) is 4.82. The summed E-state index contributed by atoms with van der Waals surface area (Å²) in [5.41, 5.74) is 3.36. The highest BCUT2D eigenvalue weighted by atomic mass is 32.2. The summed E-state index contributed by atoms with van der Waals surface area (Å²) in [7, 11) is 1.68. The van der Waals surface area contributed by atoms with E-state index in [4.69, 9.17) is 9.73 Å². The first-order chi connectivity index (χ1) is 11.8. The summed E-state index contributed by atoms with van der Waals surface area (Å²) in [6.07, 6.45) is 4.05. The molecule has 1 unspecified atom stereocenters. The molecule has 0 fully saturated rings. The molecule has 4 heteroatoms. The zero-order chi connectivity index (χ0) is 16.8. The molecule has 2 aromatic rings. The molecule has 0 saturated carbocycles. The third-order valence-electron chi connectivity index (χ3n) is 3.70. The first-order valence-electron chi connectivity index (χ1n) is 7.80. The lowest BCUT2D eigenvalue weighted by atomic mass is 10.0. The van der Waals surface area contributed by atoms with Crippen molar-refractivity contribution in [2.75, 3.05) is 12.9 Å². The number of rotatable bonds is 5. The number of methoxy groups -OCH3 is 1. The smallest absolute Gasteiger partial charge is 0.162 e. The molecule has 0 radical (unpaired) electrons. The van der Waals surface area contributed by atoms with Gasteiger partial charge in [0.25, 0.3) is 0 Å². The van der Waals surface area contributed by atoms with E-state index in [1.54, 1.807) is 18.9 Å². The van der Waals surface area contributed by atoms with Crippen LogP contribution >= 0.6 is 11.8 Å². The zero-order valence-corrected chi connectivity index (χ0v) is 14.4. The second-order valence-electron chi connectivity index (χ2n) is 5.32. The molecule has 1 aliphatic heterocycles. The van der Waals surface area contributed by atoms with Crippen molar-refractivity contribution in [3.63, 3.8) is 0 Å². The van der Waals surface area contributed by atoms with Crippen LogP contribution in [0.5, 0.6) is 5.75 Å². The van der Waals surface area contributed by atoms with Gasteiger partial charge in [0.05, 0.1) is 13.2 Å². The number of benzene rings is 2. The van der Waals surface area contributed by atoms with E-state index in [0.29, 0.717) is 0 Å². The van der Waals surface area contributed by atoms with E-state index in [-0.39, 0.29) is 6.04 Å². The molecule has 1 aliphatic rings. The molecule has 0 aromatic heterocycles. The Balaban J connectivity index is 1.92. The van der Waals surface area contributed by atoms with Crippen LogP contribution in [0.15, 0.2) is 78.3 Å². The Hall–Kier alpha value is -2.46. The van der Waals surface area contributed by atoms with Crippen LogP contribution in [-0.2, 0) is 0 Å². The highest BCUT2D eigenvalue weighted by Gasteiger charge is 2.18. The Morgan fingerprint density at radius 2 is 1.92 bits per heavy atom. The second kappa shape index (κ2) is 7.88. The summed E-state index contributed by atoms with van der Waals surface area (Å²) in [5.74, 6) is 1.67. The van der Waals surface area contributed by atoms with Gasteiger partial charge >= 0.3 is 0 Å². The Morgan fingerprint density at radius 1 is 1.17 bits per heavy atom. The molecule has 2 aromatic carbocycles. The summed E-state index contributed by atoms with van der Waals surface area (Å²) in [6, 6.07) is 18.4. The van der Waals surface area contributed by atoms with E-state index in [0.717, 1.165) is 27.9 Å². The van der Waals surface area contributed by atoms with Gasteiger partial charge < -0.3 is 10.1 Å². The predicted molar refractivity (Wildman–Crippen MR) is 103 cm³/mol. The standard InChI is InChI=1S/C20H20N2OS/c1-3-13-24-20-21-18(15-7-5-4-6-8-15)14-19(22-20)16-9-11-17(23-2)12-10-16/h3-12,14,18H,1,13H2,2H3,(H,21,22).